The topological polar surface area (TPSA) is 76.9 Å². The molecule has 8 heteroatoms. The summed E-state index contributed by atoms with van der Waals surface area (Å²) in [5.74, 6) is 2.10. The molecule has 3 aromatic rings. The van der Waals surface area contributed by atoms with E-state index in [1.807, 2.05) is 6.20 Å². The van der Waals surface area contributed by atoms with Crippen LogP contribution in [0.1, 0.15) is 93.7 Å². The van der Waals surface area contributed by atoms with Crippen LogP contribution >= 0.6 is 0 Å². The molecule has 0 bridgehead atoms. The summed E-state index contributed by atoms with van der Waals surface area (Å²) in [6.07, 6.45) is 14.7. The van der Waals surface area contributed by atoms with Crippen LogP contribution in [0.25, 0.3) is 11.1 Å². The van der Waals surface area contributed by atoms with Gasteiger partial charge >= 0.3 is 6.09 Å². The molecule has 46 heavy (non-hydrogen) atoms. The molecule has 2 amide bonds. The summed E-state index contributed by atoms with van der Waals surface area (Å²) < 4.78 is 13.4. The number of rotatable bonds is 9. The second-order valence-corrected chi connectivity index (χ2v) is 14.1. The van der Waals surface area contributed by atoms with Crippen molar-refractivity contribution < 1.29 is 19.1 Å². The minimum atomic E-state index is -0.190. The molecule has 0 radical (unpaired) electrons. The lowest BCUT2D eigenvalue weighted by atomic mass is 9.78. The van der Waals surface area contributed by atoms with Gasteiger partial charge in [0, 0.05) is 43.0 Å². The summed E-state index contributed by atoms with van der Waals surface area (Å²) in [7, 11) is 1.73. The van der Waals surface area contributed by atoms with Crippen LogP contribution in [0, 0.1) is 18.8 Å². The summed E-state index contributed by atoms with van der Waals surface area (Å²) in [6.45, 7) is 4.45. The molecule has 1 saturated heterocycles. The van der Waals surface area contributed by atoms with Crippen molar-refractivity contribution in [1.82, 2.24) is 14.7 Å². The molecule has 2 aromatic carbocycles. The molecule has 2 heterocycles. The number of benzene rings is 2. The standard InChI is InChI=1S/C38H48N4O4/c1-26-21-31(13-18-36(26)45-2)28-9-7-27(8-10-28)24-41(34-6-3-5-30(22-34)32-23-39-42(25-32)33-14-15-33)37(43)29-11-16-35(17-12-29)46-38(44)40-19-4-20-40/h3,5-6,13,18,21-23,25,27-29,33,35H,4,7-12,14-17,19-20,24H2,1-2H3. The first kappa shape index (κ1) is 30.8. The Hall–Kier alpha value is -3.81. The number of aryl methyl sites for hydroxylation is 1. The van der Waals surface area contributed by atoms with E-state index in [2.05, 4.69) is 70.3 Å². The smallest absolute Gasteiger partial charge is 0.410 e. The predicted octanol–water partition coefficient (Wildman–Crippen LogP) is 7.91. The largest absolute Gasteiger partial charge is 0.496 e. The molecule has 7 rings (SSSR count). The number of methoxy groups -OCH3 is 1. The number of nitrogens with zero attached hydrogens (tertiary/aromatic N) is 4. The van der Waals surface area contributed by atoms with Crippen LogP contribution in [-0.4, -0.2) is 59.5 Å². The number of carbonyl (C=O) groups is 2. The third-order valence-corrected chi connectivity index (χ3v) is 10.9. The SMILES string of the molecule is COc1ccc(C2CCC(CN(C(=O)C3CCC(OC(=O)N4CCC4)CC3)c3cccc(-c4cnn(C5CC5)c4)c3)CC2)cc1C. The number of likely N-dealkylation sites (tertiary alicyclic amines) is 1. The molecular weight excluding hydrogens is 576 g/mol. The zero-order valence-electron chi connectivity index (χ0n) is 27.4. The van der Waals surface area contributed by atoms with Gasteiger partial charge in [-0.1, -0.05) is 24.3 Å². The number of ether oxygens (including phenoxy) is 2. The second kappa shape index (κ2) is 13.5. The van der Waals surface area contributed by atoms with E-state index in [1.165, 1.54) is 24.0 Å². The van der Waals surface area contributed by atoms with Crippen LogP contribution < -0.4 is 9.64 Å². The zero-order valence-corrected chi connectivity index (χ0v) is 27.4. The van der Waals surface area contributed by atoms with Gasteiger partial charge in [0.1, 0.15) is 11.9 Å². The van der Waals surface area contributed by atoms with Gasteiger partial charge in [-0.05, 0) is 124 Å². The Morgan fingerprint density at radius 2 is 1.70 bits per heavy atom. The van der Waals surface area contributed by atoms with Crippen molar-refractivity contribution in [3.05, 3.63) is 66.0 Å². The second-order valence-electron chi connectivity index (χ2n) is 14.1. The summed E-state index contributed by atoms with van der Waals surface area (Å²) in [4.78, 5) is 30.6. The summed E-state index contributed by atoms with van der Waals surface area (Å²) in [5.41, 5.74) is 5.76. The molecule has 244 valence electrons. The van der Waals surface area contributed by atoms with E-state index < -0.39 is 0 Å². The summed E-state index contributed by atoms with van der Waals surface area (Å²) in [6, 6.07) is 15.6. The lowest BCUT2D eigenvalue weighted by molar-refractivity contribution is -0.124. The molecule has 3 saturated carbocycles. The molecule has 8 nitrogen and oxygen atoms in total. The minimum Gasteiger partial charge on any atom is -0.496 e. The number of aromatic nitrogens is 2. The summed E-state index contributed by atoms with van der Waals surface area (Å²) >= 11 is 0. The Balaban J connectivity index is 1.05. The lowest BCUT2D eigenvalue weighted by Crippen LogP contribution is -2.45. The van der Waals surface area contributed by atoms with Gasteiger partial charge in [-0.25, -0.2) is 4.79 Å². The highest BCUT2D eigenvalue weighted by Gasteiger charge is 2.35. The fraction of sp³-hybridized carbons (Fsp3) is 0.553. The first-order chi connectivity index (χ1) is 22.4. The fourth-order valence-corrected chi connectivity index (χ4v) is 7.66. The van der Waals surface area contributed by atoms with Crippen molar-refractivity contribution in [1.29, 1.82) is 0 Å². The highest BCUT2D eigenvalue weighted by atomic mass is 16.6. The molecule has 0 atom stereocenters. The minimum absolute atomic E-state index is 0.0566. The van der Waals surface area contributed by atoms with E-state index in [9.17, 15) is 9.59 Å². The van der Waals surface area contributed by atoms with E-state index in [4.69, 9.17) is 9.47 Å². The Bertz CT molecular complexity index is 1530. The van der Waals surface area contributed by atoms with E-state index >= 15 is 0 Å². The van der Waals surface area contributed by atoms with Crippen LogP contribution in [0.2, 0.25) is 0 Å². The Morgan fingerprint density at radius 1 is 0.913 bits per heavy atom. The summed E-state index contributed by atoms with van der Waals surface area (Å²) in [5, 5.41) is 4.62. The molecule has 0 unspecified atom stereocenters. The molecule has 4 fully saturated rings. The van der Waals surface area contributed by atoms with E-state index in [-0.39, 0.29) is 24.0 Å². The van der Waals surface area contributed by atoms with Crippen molar-refractivity contribution in [2.45, 2.75) is 95.6 Å². The van der Waals surface area contributed by atoms with Gasteiger partial charge in [-0.15, -0.1) is 0 Å². The highest BCUT2D eigenvalue weighted by molar-refractivity contribution is 5.95. The van der Waals surface area contributed by atoms with Gasteiger partial charge in [0.05, 0.1) is 19.3 Å². The van der Waals surface area contributed by atoms with E-state index in [0.717, 1.165) is 100.0 Å². The monoisotopic (exact) mass is 624 g/mol. The van der Waals surface area contributed by atoms with Crippen molar-refractivity contribution in [3.8, 4) is 16.9 Å². The predicted molar refractivity (Wildman–Crippen MR) is 179 cm³/mol. The quantitative estimate of drug-likeness (QED) is 0.242. The normalized spacial score (nSPS) is 24.6. The average molecular weight is 625 g/mol. The Labute approximate surface area is 273 Å². The molecular formula is C38H48N4O4. The van der Waals surface area contributed by atoms with Crippen LogP contribution in [0.4, 0.5) is 10.5 Å². The van der Waals surface area contributed by atoms with Crippen LogP contribution in [0.15, 0.2) is 54.9 Å². The van der Waals surface area contributed by atoms with Crippen LogP contribution in [-0.2, 0) is 9.53 Å². The molecule has 0 spiro atoms. The third-order valence-electron chi connectivity index (χ3n) is 10.9. The van der Waals surface area contributed by atoms with Crippen LogP contribution in [0.5, 0.6) is 5.75 Å². The van der Waals surface area contributed by atoms with Crippen molar-refractivity contribution in [3.63, 3.8) is 0 Å². The Morgan fingerprint density at radius 3 is 2.37 bits per heavy atom. The molecule has 3 aliphatic carbocycles. The zero-order chi connectivity index (χ0) is 31.6. The molecule has 4 aliphatic rings. The van der Waals surface area contributed by atoms with Gasteiger partial charge in [-0.2, -0.15) is 5.10 Å². The van der Waals surface area contributed by atoms with Gasteiger partial charge < -0.3 is 19.3 Å². The maximum atomic E-state index is 14.4. The number of anilines is 1. The average Bonchev–Trinajstić information content (AvgIpc) is 3.79. The third kappa shape index (κ3) is 6.81. The number of hydrogen-bond donors (Lipinski definition) is 0. The van der Waals surface area contributed by atoms with Gasteiger partial charge in [0.15, 0.2) is 0 Å². The molecule has 1 aromatic heterocycles. The molecule has 0 N–H and O–H groups in total. The number of hydrogen-bond acceptors (Lipinski definition) is 5. The van der Waals surface area contributed by atoms with Crippen LogP contribution in [0.3, 0.4) is 0 Å². The van der Waals surface area contributed by atoms with Crippen molar-refractivity contribution in [2.24, 2.45) is 11.8 Å². The van der Waals surface area contributed by atoms with Crippen molar-refractivity contribution >= 4 is 17.7 Å². The van der Waals surface area contributed by atoms with Crippen molar-refractivity contribution in [2.75, 3.05) is 31.6 Å². The first-order valence-corrected chi connectivity index (χ1v) is 17.5. The van der Waals surface area contributed by atoms with E-state index in [0.29, 0.717) is 17.9 Å². The Kier molecular flexibility index (Phi) is 9.05. The van der Waals surface area contributed by atoms with Gasteiger partial charge in [0.2, 0.25) is 5.91 Å². The van der Waals surface area contributed by atoms with Gasteiger partial charge in [0.25, 0.3) is 0 Å². The first-order valence-electron chi connectivity index (χ1n) is 17.5. The van der Waals surface area contributed by atoms with Gasteiger partial charge in [-0.3, -0.25) is 9.48 Å². The number of amides is 2. The lowest BCUT2D eigenvalue weighted by Gasteiger charge is -2.37. The fourth-order valence-electron chi connectivity index (χ4n) is 7.66. The maximum Gasteiger partial charge on any atom is 0.410 e. The highest BCUT2D eigenvalue weighted by Crippen LogP contribution is 2.40. The molecule has 1 aliphatic heterocycles. The maximum absolute atomic E-state index is 14.4. The number of carbonyl (C=O) groups excluding carboxylic acids is 2. The van der Waals surface area contributed by atoms with E-state index in [1.54, 1.807) is 12.0 Å².